The zero-order chi connectivity index (χ0) is 26.6. The van der Waals surface area contributed by atoms with E-state index in [1.165, 1.54) is 11.2 Å². The first kappa shape index (κ1) is 25.1. The molecule has 1 fully saturated rings. The number of ether oxygens (including phenoxy) is 1. The van der Waals surface area contributed by atoms with Gasteiger partial charge in [-0.25, -0.2) is 0 Å². The second kappa shape index (κ2) is 10.8. The summed E-state index contributed by atoms with van der Waals surface area (Å²) in [6.45, 7) is 4.62. The van der Waals surface area contributed by atoms with Crippen LogP contribution in [-0.2, 0) is 29.2 Å². The highest BCUT2D eigenvalue weighted by atomic mass is 16.5. The zero-order valence-corrected chi connectivity index (χ0v) is 21.4. The first-order valence-electron chi connectivity index (χ1n) is 12.6. The van der Waals surface area contributed by atoms with Crippen molar-refractivity contribution in [2.75, 3.05) is 0 Å². The molecule has 6 heteroatoms. The Morgan fingerprint density at radius 1 is 0.947 bits per heavy atom. The van der Waals surface area contributed by atoms with Crippen molar-refractivity contribution in [2.45, 2.75) is 39.5 Å². The number of likely N-dealkylation sites (tertiary alicyclic amines) is 1. The molecule has 1 atom stereocenters. The molecule has 1 aliphatic rings. The van der Waals surface area contributed by atoms with Crippen LogP contribution >= 0.6 is 0 Å². The second-order valence-electron chi connectivity index (χ2n) is 9.40. The SMILES string of the molecule is CCc1ccc([C@H]2/C(=C(\O)c3ccc(OCc4cccc(C)c4)cc3)C(=O)C(=O)N2Cc2ccco2)cc1. The predicted molar refractivity (Wildman–Crippen MR) is 144 cm³/mol. The van der Waals surface area contributed by atoms with Crippen LogP contribution in [0.1, 0.15) is 46.5 Å². The van der Waals surface area contributed by atoms with Gasteiger partial charge in [-0.15, -0.1) is 0 Å². The molecule has 1 aromatic heterocycles. The maximum atomic E-state index is 13.3. The third kappa shape index (κ3) is 5.11. The Morgan fingerprint density at radius 2 is 1.71 bits per heavy atom. The molecule has 5 rings (SSSR count). The molecule has 1 N–H and O–H groups in total. The highest BCUT2D eigenvalue weighted by Crippen LogP contribution is 2.40. The van der Waals surface area contributed by atoms with Crippen LogP contribution in [0.3, 0.4) is 0 Å². The van der Waals surface area contributed by atoms with Crippen LogP contribution in [0.25, 0.3) is 5.76 Å². The predicted octanol–water partition coefficient (Wildman–Crippen LogP) is 6.35. The van der Waals surface area contributed by atoms with Crippen LogP contribution < -0.4 is 4.74 Å². The number of ketones is 1. The normalized spacial score (nSPS) is 16.7. The maximum Gasteiger partial charge on any atom is 0.296 e. The highest BCUT2D eigenvalue weighted by molar-refractivity contribution is 6.46. The molecule has 38 heavy (non-hydrogen) atoms. The fourth-order valence-corrected chi connectivity index (χ4v) is 4.73. The van der Waals surface area contributed by atoms with Crippen molar-refractivity contribution < 1.29 is 23.8 Å². The van der Waals surface area contributed by atoms with Crippen molar-refractivity contribution >= 4 is 17.4 Å². The van der Waals surface area contributed by atoms with Gasteiger partial charge >= 0.3 is 0 Å². The van der Waals surface area contributed by atoms with Crippen LogP contribution in [0, 0.1) is 6.92 Å². The number of hydrogen-bond acceptors (Lipinski definition) is 5. The van der Waals surface area contributed by atoms with Crippen LogP contribution in [0.5, 0.6) is 5.75 Å². The molecule has 1 aliphatic heterocycles. The van der Waals surface area contributed by atoms with Crippen molar-refractivity contribution in [1.29, 1.82) is 0 Å². The molecular weight excluding hydrogens is 478 g/mol. The summed E-state index contributed by atoms with van der Waals surface area (Å²) in [4.78, 5) is 27.9. The van der Waals surface area contributed by atoms with Gasteiger partial charge in [-0.1, -0.05) is 61.0 Å². The number of carbonyl (C=O) groups excluding carboxylic acids is 2. The third-order valence-corrected chi connectivity index (χ3v) is 6.77. The highest BCUT2D eigenvalue weighted by Gasteiger charge is 2.46. The van der Waals surface area contributed by atoms with Crippen molar-refractivity contribution in [1.82, 2.24) is 4.90 Å². The maximum absolute atomic E-state index is 13.3. The second-order valence-corrected chi connectivity index (χ2v) is 9.40. The van der Waals surface area contributed by atoms with Crippen molar-refractivity contribution in [3.8, 4) is 5.75 Å². The van der Waals surface area contributed by atoms with Gasteiger partial charge in [0.15, 0.2) is 0 Å². The van der Waals surface area contributed by atoms with Crippen molar-refractivity contribution in [3.05, 3.63) is 130 Å². The van der Waals surface area contributed by atoms with Gasteiger partial charge in [0, 0.05) is 5.56 Å². The zero-order valence-electron chi connectivity index (χ0n) is 21.4. The van der Waals surface area contributed by atoms with E-state index in [0.717, 1.165) is 28.7 Å². The Labute approximate surface area is 221 Å². The van der Waals surface area contributed by atoms with E-state index < -0.39 is 17.7 Å². The molecule has 2 heterocycles. The van der Waals surface area contributed by atoms with E-state index in [2.05, 4.69) is 13.0 Å². The lowest BCUT2D eigenvalue weighted by atomic mass is 9.94. The van der Waals surface area contributed by atoms with Gasteiger partial charge < -0.3 is 19.2 Å². The number of aryl methyl sites for hydroxylation is 2. The summed E-state index contributed by atoms with van der Waals surface area (Å²) in [6.07, 6.45) is 2.39. The Bertz CT molecular complexity index is 1470. The summed E-state index contributed by atoms with van der Waals surface area (Å²) in [5.41, 5.74) is 4.58. The van der Waals surface area contributed by atoms with Gasteiger partial charge in [-0.05, 0) is 66.4 Å². The number of amides is 1. The van der Waals surface area contributed by atoms with Crippen LogP contribution in [-0.4, -0.2) is 21.7 Å². The fraction of sp³-hybridized carbons (Fsp3) is 0.188. The lowest BCUT2D eigenvalue weighted by molar-refractivity contribution is -0.140. The van der Waals surface area contributed by atoms with Crippen LogP contribution in [0.15, 0.2) is 101 Å². The van der Waals surface area contributed by atoms with Gasteiger partial charge in [0.25, 0.3) is 11.7 Å². The number of Topliss-reactive ketones (excluding diaryl/α,β-unsaturated/α-hetero) is 1. The summed E-state index contributed by atoms with van der Waals surface area (Å²) in [5.74, 6) is -0.436. The number of aliphatic hydroxyl groups excluding tert-OH is 1. The first-order valence-corrected chi connectivity index (χ1v) is 12.6. The monoisotopic (exact) mass is 507 g/mol. The van der Waals surface area contributed by atoms with Crippen LogP contribution in [0.2, 0.25) is 0 Å². The molecule has 1 amide bonds. The first-order chi connectivity index (χ1) is 18.4. The standard InChI is InChI=1S/C32H29NO5/c1-3-22-9-11-24(12-10-22)29-28(31(35)32(36)33(29)19-27-8-5-17-37-27)30(34)25-13-15-26(16-14-25)38-20-23-7-4-6-21(2)18-23/h4-18,29,34H,3,19-20H2,1-2H3/b30-28+/t29-/m0/s1. The van der Waals surface area contributed by atoms with E-state index in [0.29, 0.717) is 23.7 Å². The summed E-state index contributed by atoms with van der Waals surface area (Å²) in [7, 11) is 0. The molecule has 3 aromatic carbocycles. The average Bonchev–Trinajstić information content (AvgIpc) is 3.54. The number of rotatable bonds is 8. The summed E-state index contributed by atoms with van der Waals surface area (Å²) in [6, 6.07) is 25.5. The lowest BCUT2D eigenvalue weighted by Gasteiger charge is -2.24. The Balaban J connectivity index is 1.46. The van der Waals surface area contributed by atoms with E-state index in [4.69, 9.17) is 9.15 Å². The van der Waals surface area contributed by atoms with E-state index in [-0.39, 0.29) is 17.9 Å². The van der Waals surface area contributed by atoms with Crippen LogP contribution in [0.4, 0.5) is 0 Å². The number of furan rings is 1. The number of carbonyl (C=O) groups is 2. The van der Waals surface area contributed by atoms with Gasteiger partial charge in [-0.2, -0.15) is 0 Å². The number of hydrogen-bond donors (Lipinski definition) is 1. The molecule has 0 spiro atoms. The minimum Gasteiger partial charge on any atom is -0.507 e. The Hall–Kier alpha value is -4.58. The molecule has 1 saturated heterocycles. The van der Waals surface area contributed by atoms with E-state index in [9.17, 15) is 14.7 Å². The Morgan fingerprint density at radius 3 is 2.37 bits per heavy atom. The third-order valence-electron chi connectivity index (χ3n) is 6.77. The topological polar surface area (TPSA) is 80.0 Å². The molecule has 0 saturated carbocycles. The van der Waals surface area contributed by atoms with Gasteiger partial charge in [-0.3, -0.25) is 9.59 Å². The fourth-order valence-electron chi connectivity index (χ4n) is 4.73. The van der Waals surface area contributed by atoms with Gasteiger partial charge in [0.2, 0.25) is 0 Å². The molecule has 0 bridgehead atoms. The summed E-state index contributed by atoms with van der Waals surface area (Å²) >= 11 is 0. The number of aliphatic hydroxyl groups is 1. The summed E-state index contributed by atoms with van der Waals surface area (Å²) in [5, 5.41) is 11.3. The average molecular weight is 508 g/mol. The molecule has 6 nitrogen and oxygen atoms in total. The van der Waals surface area contributed by atoms with Crippen molar-refractivity contribution in [2.24, 2.45) is 0 Å². The molecule has 0 radical (unpaired) electrons. The molecule has 0 aliphatic carbocycles. The molecule has 0 unspecified atom stereocenters. The molecular formula is C32H29NO5. The van der Waals surface area contributed by atoms with E-state index in [1.807, 2.05) is 49.4 Å². The smallest absolute Gasteiger partial charge is 0.296 e. The number of nitrogens with zero attached hydrogens (tertiary/aromatic N) is 1. The van der Waals surface area contributed by atoms with E-state index in [1.54, 1.807) is 36.4 Å². The van der Waals surface area contributed by atoms with Crippen molar-refractivity contribution in [3.63, 3.8) is 0 Å². The summed E-state index contributed by atoms with van der Waals surface area (Å²) < 4.78 is 11.4. The minimum atomic E-state index is -0.747. The number of benzene rings is 3. The van der Waals surface area contributed by atoms with Gasteiger partial charge in [0.1, 0.15) is 23.9 Å². The van der Waals surface area contributed by atoms with E-state index >= 15 is 0 Å². The molecule has 192 valence electrons. The van der Waals surface area contributed by atoms with Gasteiger partial charge in [0.05, 0.1) is 24.4 Å². The minimum absolute atomic E-state index is 0.0548. The largest absolute Gasteiger partial charge is 0.507 e. The lowest BCUT2D eigenvalue weighted by Crippen LogP contribution is -2.29. The molecule has 4 aromatic rings. The quantitative estimate of drug-likeness (QED) is 0.171. The Kier molecular flexibility index (Phi) is 7.13.